The lowest BCUT2D eigenvalue weighted by Gasteiger charge is -2.31. The van der Waals surface area contributed by atoms with Crippen molar-refractivity contribution < 1.29 is 9.53 Å². The van der Waals surface area contributed by atoms with Gasteiger partial charge in [-0.15, -0.1) is 10.2 Å². The number of thioether (sulfide) groups is 1. The molecule has 1 aromatic carbocycles. The van der Waals surface area contributed by atoms with E-state index in [1.165, 1.54) is 43.9 Å². The van der Waals surface area contributed by atoms with Crippen LogP contribution in [0.1, 0.15) is 58.4 Å². The Bertz CT molecular complexity index is 863. The van der Waals surface area contributed by atoms with Crippen molar-refractivity contribution in [1.82, 2.24) is 20.1 Å². The second-order valence-electron chi connectivity index (χ2n) is 8.72. The van der Waals surface area contributed by atoms with Crippen LogP contribution in [0.4, 0.5) is 0 Å². The van der Waals surface area contributed by atoms with Crippen LogP contribution in [0.15, 0.2) is 29.4 Å². The Morgan fingerprint density at radius 3 is 2.60 bits per heavy atom. The molecule has 0 bridgehead atoms. The molecule has 1 aromatic heterocycles. The van der Waals surface area contributed by atoms with Gasteiger partial charge in [-0.05, 0) is 68.7 Å². The molecule has 0 aliphatic heterocycles. The second-order valence-corrected chi connectivity index (χ2v) is 9.66. The smallest absolute Gasteiger partial charge is 0.230 e. The molecule has 1 N–H and O–H groups in total. The molecule has 162 valence electrons. The molecule has 3 atom stereocenters. The number of rotatable bonds is 8. The minimum absolute atomic E-state index is 0.0802. The number of aromatic nitrogens is 3. The van der Waals surface area contributed by atoms with Gasteiger partial charge in [-0.3, -0.25) is 9.36 Å². The molecule has 30 heavy (non-hydrogen) atoms. The number of benzene rings is 1. The molecule has 2 saturated carbocycles. The number of nitrogens with one attached hydrogen (secondary N) is 1. The van der Waals surface area contributed by atoms with E-state index >= 15 is 0 Å². The van der Waals surface area contributed by atoms with Gasteiger partial charge < -0.3 is 10.1 Å². The minimum atomic E-state index is 0.0802. The number of methoxy groups -OCH3 is 1. The zero-order valence-electron chi connectivity index (χ0n) is 18.1. The van der Waals surface area contributed by atoms with Crippen LogP contribution in [0.2, 0.25) is 0 Å². The lowest BCUT2D eigenvalue weighted by atomic mass is 9.85. The Kier molecular flexibility index (Phi) is 6.66. The third-order valence-electron chi connectivity index (χ3n) is 6.46. The topological polar surface area (TPSA) is 69.0 Å². The fraction of sp³-hybridized carbons (Fsp3) is 0.609. The molecule has 2 aliphatic rings. The fourth-order valence-electron chi connectivity index (χ4n) is 4.43. The largest absolute Gasteiger partial charge is 0.497 e. The highest BCUT2D eigenvalue weighted by molar-refractivity contribution is 7.99. The maximum absolute atomic E-state index is 12.5. The van der Waals surface area contributed by atoms with Crippen molar-refractivity contribution in [3.63, 3.8) is 0 Å². The highest BCUT2D eigenvalue weighted by Crippen LogP contribution is 2.39. The average molecular weight is 429 g/mol. The van der Waals surface area contributed by atoms with Crippen LogP contribution >= 0.6 is 11.8 Å². The van der Waals surface area contributed by atoms with Crippen LogP contribution in [-0.2, 0) is 4.79 Å². The number of carbonyl (C=O) groups excluding carboxylic acids is 1. The first kappa shape index (κ1) is 21.2. The zero-order valence-corrected chi connectivity index (χ0v) is 19.0. The summed E-state index contributed by atoms with van der Waals surface area (Å²) in [5, 5.41) is 13.0. The summed E-state index contributed by atoms with van der Waals surface area (Å²) in [4.78, 5) is 12.5. The first-order valence-electron chi connectivity index (χ1n) is 11.1. The SMILES string of the molecule is COc1ccc(-c2nnc(SCC(=O)N[C@@H](C)C3CC3)n2[C@H]2CCCC[C@H]2C)cc1. The van der Waals surface area contributed by atoms with Gasteiger partial charge >= 0.3 is 0 Å². The van der Waals surface area contributed by atoms with Crippen molar-refractivity contribution in [2.75, 3.05) is 12.9 Å². The van der Waals surface area contributed by atoms with Gasteiger partial charge in [0.05, 0.1) is 12.9 Å². The number of hydrogen-bond acceptors (Lipinski definition) is 5. The van der Waals surface area contributed by atoms with E-state index in [4.69, 9.17) is 4.74 Å². The molecule has 2 aliphatic carbocycles. The van der Waals surface area contributed by atoms with Gasteiger partial charge in [-0.2, -0.15) is 0 Å². The molecular formula is C23H32N4O2S. The molecule has 1 heterocycles. The quantitative estimate of drug-likeness (QED) is 0.617. The van der Waals surface area contributed by atoms with Crippen molar-refractivity contribution >= 4 is 17.7 Å². The Hall–Kier alpha value is -2.02. The third kappa shape index (κ3) is 4.82. The fourth-order valence-corrected chi connectivity index (χ4v) is 5.23. The number of ether oxygens (including phenoxy) is 1. The van der Waals surface area contributed by atoms with Gasteiger partial charge in [0, 0.05) is 17.6 Å². The first-order chi connectivity index (χ1) is 14.6. The molecule has 2 aromatic rings. The summed E-state index contributed by atoms with van der Waals surface area (Å²) in [6.45, 7) is 4.42. The van der Waals surface area contributed by atoms with Crippen LogP contribution < -0.4 is 10.1 Å². The van der Waals surface area contributed by atoms with Gasteiger partial charge in [0.2, 0.25) is 5.91 Å². The summed E-state index contributed by atoms with van der Waals surface area (Å²) in [5.41, 5.74) is 1.03. The van der Waals surface area contributed by atoms with Crippen molar-refractivity contribution in [1.29, 1.82) is 0 Å². The summed E-state index contributed by atoms with van der Waals surface area (Å²) in [5.74, 6) is 3.38. The summed E-state index contributed by atoms with van der Waals surface area (Å²) in [7, 11) is 1.67. The van der Waals surface area contributed by atoms with Crippen LogP contribution in [0.5, 0.6) is 5.75 Å². The Labute approximate surface area is 183 Å². The predicted octanol–water partition coefficient (Wildman–Crippen LogP) is 4.71. The number of hydrogen-bond donors (Lipinski definition) is 1. The molecule has 2 fully saturated rings. The summed E-state index contributed by atoms with van der Waals surface area (Å²) < 4.78 is 7.59. The lowest BCUT2D eigenvalue weighted by molar-refractivity contribution is -0.119. The zero-order chi connectivity index (χ0) is 21.1. The third-order valence-corrected chi connectivity index (χ3v) is 7.40. The van der Waals surface area contributed by atoms with Crippen molar-refractivity contribution in [2.45, 2.75) is 69.6 Å². The van der Waals surface area contributed by atoms with Gasteiger partial charge in [0.25, 0.3) is 0 Å². The van der Waals surface area contributed by atoms with Gasteiger partial charge in [-0.25, -0.2) is 0 Å². The van der Waals surface area contributed by atoms with E-state index in [-0.39, 0.29) is 11.9 Å². The van der Waals surface area contributed by atoms with Crippen LogP contribution in [0.25, 0.3) is 11.4 Å². The molecular weight excluding hydrogens is 396 g/mol. The van der Waals surface area contributed by atoms with E-state index in [0.717, 1.165) is 28.7 Å². The van der Waals surface area contributed by atoms with E-state index in [0.29, 0.717) is 23.6 Å². The van der Waals surface area contributed by atoms with Crippen molar-refractivity contribution in [3.8, 4) is 17.1 Å². The number of amides is 1. The van der Waals surface area contributed by atoms with E-state index in [9.17, 15) is 4.79 Å². The van der Waals surface area contributed by atoms with Crippen molar-refractivity contribution in [2.24, 2.45) is 11.8 Å². The molecule has 0 radical (unpaired) electrons. The molecule has 0 saturated heterocycles. The Morgan fingerprint density at radius 1 is 1.20 bits per heavy atom. The predicted molar refractivity (Wildman–Crippen MR) is 120 cm³/mol. The van der Waals surface area contributed by atoms with E-state index in [1.807, 2.05) is 24.3 Å². The van der Waals surface area contributed by atoms with Gasteiger partial charge in [0.1, 0.15) is 5.75 Å². The van der Waals surface area contributed by atoms with Gasteiger partial charge in [-0.1, -0.05) is 31.5 Å². The first-order valence-corrected chi connectivity index (χ1v) is 12.1. The number of carbonyl (C=O) groups is 1. The lowest BCUT2D eigenvalue weighted by Crippen LogP contribution is -2.35. The normalized spacial score (nSPS) is 22.5. The standard InChI is InChI=1S/C23H32N4O2S/c1-15-6-4-5-7-20(15)27-22(18-10-12-19(29-3)13-11-18)25-26-23(27)30-14-21(28)24-16(2)17-8-9-17/h10-13,15-17,20H,4-9,14H2,1-3H3,(H,24,28)/t15-,16+,20+/m1/s1. The second kappa shape index (κ2) is 9.41. The molecule has 1 amide bonds. The van der Waals surface area contributed by atoms with E-state index in [1.54, 1.807) is 7.11 Å². The average Bonchev–Trinajstić information content (AvgIpc) is 3.53. The monoisotopic (exact) mass is 428 g/mol. The van der Waals surface area contributed by atoms with Gasteiger partial charge in [0.15, 0.2) is 11.0 Å². The molecule has 4 rings (SSSR count). The van der Waals surface area contributed by atoms with Crippen LogP contribution in [-0.4, -0.2) is 39.6 Å². The van der Waals surface area contributed by atoms with Crippen molar-refractivity contribution in [3.05, 3.63) is 24.3 Å². The highest BCUT2D eigenvalue weighted by Gasteiger charge is 2.30. The van der Waals surface area contributed by atoms with Crippen LogP contribution in [0.3, 0.4) is 0 Å². The highest BCUT2D eigenvalue weighted by atomic mass is 32.2. The Balaban J connectivity index is 1.55. The molecule has 6 nitrogen and oxygen atoms in total. The summed E-state index contributed by atoms with van der Waals surface area (Å²) in [6.07, 6.45) is 7.30. The maximum atomic E-state index is 12.5. The Morgan fingerprint density at radius 2 is 1.93 bits per heavy atom. The molecule has 7 heteroatoms. The van der Waals surface area contributed by atoms with Crippen LogP contribution in [0, 0.1) is 11.8 Å². The summed E-state index contributed by atoms with van der Waals surface area (Å²) in [6, 6.07) is 8.61. The minimum Gasteiger partial charge on any atom is -0.497 e. The van der Waals surface area contributed by atoms with E-state index in [2.05, 4.69) is 33.9 Å². The van der Waals surface area contributed by atoms with E-state index < -0.39 is 0 Å². The summed E-state index contributed by atoms with van der Waals surface area (Å²) >= 11 is 1.50. The number of nitrogens with zero attached hydrogens (tertiary/aromatic N) is 3. The maximum Gasteiger partial charge on any atom is 0.230 e. The molecule has 0 spiro atoms. The molecule has 0 unspecified atom stereocenters.